The molecule has 2 aromatic carbocycles. The number of rotatable bonds is 19. The number of carbonyl (C=O) groups excluding carboxylic acids is 2. The van der Waals surface area contributed by atoms with Gasteiger partial charge in [0.2, 0.25) is 0 Å². The molecule has 0 unspecified atom stereocenters. The van der Waals surface area contributed by atoms with Crippen LogP contribution in [0.5, 0.6) is 0 Å². The van der Waals surface area contributed by atoms with Crippen molar-refractivity contribution in [3.8, 4) is 0 Å². The summed E-state index contributed by atoms with van der Waals surface area (Å²) in [5.74, 6) is -0.483. The van der Waals surface area contributed by atoms with Gasteiger partial charge >= 0.3 is 11.9 Å². The molecular weight excluding hydrogens is 452 g/mol. The minimum Gasteiger partial charge on any atom is -0.462 e. The summed E-state index contributed by atoms with van der Waals surface area (Å²) in [6.07, 6.45) is 14.1. The van der Waals surface area contributed by atoms with Crippen molar-refractivity contribution >= 4 is 23.3 Å². The molecule has 2 N–H and O–H groups in total. The fourth-order valence-electron chi connectivity index (χ4n) is 4.01. The van der Waals surface area contributed by atoms with E-state index in [1.165, 1.54) is 51.4 Å². The lowest BCUT2D eigenvalue weighted by atomic mass is 10.1. The standard InChI is InChI=1S/C30H44N2O4/c1-31-27-19-15-25(16-20-27)29(33)35-23-13-11-9-7-5-3-4-6-8-10-12-14-24-36-30(34)26-17-21-28(32-2)22-18-26/h15-22,31-32H,3-14,23-24H2,1-2H3. The van der Waals surface area contributed by atoms with Gasteiger partial charge in [-0.2, -0.15) is 0 Å². The highest BCUT2D eigenvalue weighted by atomic mass is 16.5. The van der Waals surface area contributed by atoms with Crippen molar-refractivity contribution in [2.45, 2.75) is 77.0 Å². The Hall–Kier alpha value is -3.02. The number of nitrogens with one attached hydrogen (secondary N) is 2. The molecule has 0 aliphatic carbocycles. The molecule has 6 nitrogen and oxygen atoms in total. The number of benzene rings is 2. The van der Waals surface area contributed by atoms with Crippen molar-refractivity contribution in [2.24, 2.45) is 0 Å². The monoisotopic (exact) mass is 496 g/mol. The number of hydrogen-bond donors (Lipinski definition) is 2. The molecule has 6 heteroatoms. The van der Waals surface area contributed by atoms with Gasteiger partial charge in [0, 0.05) is 25.5 Å². The lowest BCUT2D eigenvalue weighted by Gasteiger charge is -2.06. The van der Waals surface area contributed by atoms with Crippen LogP contribution >= 0.6 is 0 Å². The number of ether oxygens (including phenoxy) is 2. The van der Waals surface area contributed by atoms with Crippen LogP contribution in [0.1, 0.15) is 97.8 Å². The lowest BCUT2D eigenvalue weighted by Crippen LogP contribution is -2.06. The molecule has 0 heterocycles. The molecule has 0 spiro atoms. The molecule has 36 heavy (non-hydrogen) atoms. The van der Waals surface area contributed by atoms with Gasteiger partial charge in [0.1, 0.15) is 0 Å². The van der Waals surface area contributed by atoms with Crippen molar-refractivity contribution in [3.05, 3.63) is 59.7 Å². The Morgan fingerprint density at radius 3 is 1.06 bits per heavy atom. The van der Waals surface area contributed by atoms with Crippen LogP contribution in [0.2, 0.25) is 0 Å². The lowest BCUT2D eigenvalue weighted by molar-refractivity contribution is 0.0488. The molecule has 0 atom stereocenters. The Morgan fingerprint density at radius 2 is 0.778 bits per heavy atom. The van der Waals surface area contributed by atoms with Crippen molar-refractivity contribution < 1.29 is 19.1 Å². The molecule has 2 aromatic rings. The van der Waals surface area contributed by atoms with Gasteiger partial charge in [-0.3, -0.25) is 0 Å². The largest absolute Gasteiger partial charge is 0.462 e. The van der Waals surface area contributed by atoms with E-state index in [0.29, 0.717) is 24.3 Å². The predicted molar refractivity (Wildman–Crippen MR) is 148 cm³/mol. The highest BCUT2D eigenvalue weighted by molar-refractivity contribution is 5.90. The summed E-state index contributed by atoms with van der Waals surface area (Å²) >= 11 is 0. The highest BCUT2D eigenvalue weighted by Gasteiger charge is 2.07. The third kappa shape index (κ3) is 12.1. The first-order valence-corrected chi connectivity index (χ1v) is 13.5. The number of carbonyl (C=O) groups is 2. The maximum Gasteiger partial charge on any atom is 0.338 e. The van der Waals surface area contributed by atoms with Crippen LogP contribution < -0.4 is 10.6 Å². The van der Waals surface area contributed by atoms with Crippen molar-refractivity contribution in [1.29, 1.82) is 0 Å². The van der Waals surface area contributed by atoms with E-state index in [9.17, 15) is 9.59 Å². The van der Waals surface area contributed by atoms with Crippen LogP contribution in [0.15, 0.2) is 48.5 Å². The van der Waals surface area contributed by atoms with Gasteiger partial charge in [-0.25, -0.2) is 9.59 Å². The first kappa shape index (κ1) is 29.2. The van der Waals surface area contributed by atoms with Crippen molar-refractivity contribution in [3.63, 3.8) is 0 Å². The number of esters is 2. The van der Waals surface area contributed by atoms with Crippen LogP contribution in [0.25, 0.3) is 0 Å². The average Bonchev–Trinajstić information content (AvgIpc) is 2.92. The maximum absolute atomic E-state index is 12.0. The summed E-state index contributed by atoms with van der Waals surface area (Å²) in [4.78, 5) is 24.0. The molecule has 0 aliphatic rings. The normalized spacial score (nSPS) is 10.6. The van der Waals surface area contributed by atoms with Gasteiger partial charge in [-0.1, -0.05) is 64.2 Å². The van der Waals surface area contributed by atoms with Gasteiger partial charge in [-0.15, -0.1) is 0 Å². The Balaban J connectivity index is 1.32. The number of anilines is 2. The zero-order chi connectivity index (χ0) is 25.8. The van der Waals surface area contributed by atoms with Crippen LogP contribution in [0.4, 0.5) is 11.4 Å². The predicted octanol–water partition coefficient (Wildman–Crippen LogP) is 7.47. The second kappa shape index (κ2) is 18.3. The van der Waals surface area contributed by atoms with E-state index in [-0.39, 0.29) is 11.9 Å². The average molecular weight is 497 g/mol. The molecule has 0 fully saturated rings. The molecule has 0 saturated carbocycles. The summed E-state index contributed by atoms with van der Waals surface area (Å²) < 4.78 is 10.7. The van der Waals surface area contributed by atoms with E-state index >= 15 is 0 Å². The molecule has 0 bridgehead atoms. The summed E-state index contributed by atoms with van der Waals surface area (Å²) in [6, 6.07) is 14.7. The molecular formula is C30H44N2O4. The molecule has 0 radical (unpaired) electrons. The van der Waals surface area contributed by atoms with Crippen molar-refractivity contribution in [1.82, 2.24) is 0 Å². The topological polar surface area (TPSA) is 76.7 Å². The molecule has 0 amide bonds. The summed E-state index contributed by atoms with van der Waals surface area (Å²) in [6.45, 7) is 0.991. The third-order valence-corrected chi connectivity index (χ3v) is 6.32. The SMILES string of the molecule is CNc1ccc(C(=O)OCCCCCCCCCCCCCCOC(=O)c2ccc(NC)cc2)cc1. The Bertz CT molecular complexity index is 792. The second-order valence-electron chi connectivity index (χ2n) is 9.17. The minimum atomic E-state index is -0.241. The maximum atomic E-state index is 12.0. The van der Waals surface area contributed by atoms with Crippen LogP contribution in [0, 0.1) is 0 Å². The minimum absolute atomic E-state index is 0.241. The first-order valence-electron chi connectivity index (χ1n) is 13.5. The van der Waals surface area contributed by atoms with E-state index in [0.717, 1.165) is 37.1 Å². The number of unbranched alkanes of at least 4 members (excludes halogenated alkanes) is 11. The summed E-state index contributed by atoms with van der Waals surface area (Å²) in [5, 5.41) is 6.07. The van der Waals surface area contributed by atoms with Gasteiger partial charge in [0.25, 0.3) is 0 Å². The van der Waals surface area contributed by atoms with E-state index in [2.05, 4.69) is 10.6 Å². The Labute approximate surface area is 217 Å². The quantitative estimate of drug-likeness (QED) is 0.155. The fraction of sp³-hybridized carbons (Fsp3) is 0.533. The van der Waals surface area contributed by atoms with E-state index < -0.39 is 0 Å². The molecule has 2 rings (SSSR count). The van der Waals surface area contributed by atoms with E-state index in [1.807, 2.05) is 38.4 Å². The Morgan fingerprint density at radius 1 is 0.500 bits per heavy atom. The smallest absolute Gasteiger partial charge is 0.338 e. The Kier molecular flexibility index (Phi) is 14.8. The van der Waals surface area contributed by atoms with E-state index in [1.54, 1.807) is 24.3 Å². The van der Waals surface area contributed by atoms with Crippen LogP contribution in [-0.4, -0.2) is 39.2 Å². The second-order valence-corrected chi connectivity index (χ2v) is 9.17. The third-order valence-electron chi connectivity index (χ3n) is 6.32. The highest BCUT2D eigenvalue weighted by Crippen LogP contribution is 2.14. The van der Waals surface area contributed by atoms with Gasteiger partial charge in [-0.05, 0) is 61.4 Å². The van der Waals surface area contributed by atoms with Crippen LogP contribution in [0.3, 0.4) is 0 Å². The zero-order valence-corrected chi connectivity index (χ0v) is 22.2. The molecule has 198 valence electrons. The summed E-state index contributed by atoms with van der Waals surface area (Å²) in [7, 11) is 3.71. The first-order chi connectivity index (χ1) is 17.6. The van der Waals surface area contributed by atoms with Crippen molar-refractivity contribution in [2.75, 3.05) is 37.9 Å². The van der Waals surface area contributed by atoms with Gasteiger partial charge in [0.05, 0.1) is 24.3 Å². The number of hydrogen-bond acceptors (Lipinski definition) is 6. The van der Waals surface area contributed by atoms with Crippen LogP contribution in [-0.2, 0) is 9.47 Å². The molecule has 0 aliphatic heterocycles. The summed E-state index contributed by atoms with van der Waals surface area (Å²) in [5.41, 5.74) is 3.16. The molecule has 0 saturated heterocycles. The fourth-order valence-corrected chi connectivity index (χ4v) is 4.01. The molecule has 0 aromatic heterocycles. The van der Waals surface area contributed by atoms with Gasteiger partial charge in [0.15, 0.2) is 0 Å². The van der Waals surface area contributed by atoms with Gasteiger partial charge < -0.3 is 20.1 Å². The van der Waals surface area contributed by atoms with E-state index in [4.69, 9.17) is 9.47 Å². The zero-order valence-electron chi connectivity index (χ0n) is 22.2.